The third-order valence-corrected chi connectivity index (χ3v) is 3.52. The van der Waals surface area contributed by atoms with Gasteiger partial charge in [-0.15, -0.1) is 0 Å². The van der Waals surface area contributed by atoms with Crippen molar-refractivity contribution in [1.82, 2.24) is 0 Å². The van der Waals surface area contributed by atoms with Crippen molar-refractivity contribution in [3.05, 3.63) is 0 Å². The molecule has 0 amide bonds. The van der Waals surface area contributed by atoms with Gasteiger partial charge in [-0.25, -0.2) is 0 Å². The van der Waals surface area contributed by atoms with Crippen LogP contribution >= 0.6 is 0 Å². The average molecular weight is 182 g/mol. The van der Waals surface area contributed by atoms with E-state index in [1.807, 2.05) is 0 Å². The van der Waals surface area contributed by atoms with Crippen LogP contribution in [0.1, 0.15) is 71.6 Å². The van der Waals surface area contributed by atoms with E-state index in [-0.39, 0.29) is 0 Å². The van der Waals surface area contributed by atoms with E-state index in [1.54, 1.807) is 0 Å². The fourth-order valence-corrected chi connectivity index (χ4v) is 2.62. The predicted octanol–water partition coefficient (Wildman–Crippen LogP) is 4.78. The summed E-state index contributed by atoms with van der Waals surface area (Å²) in [4.78, 5) is 0. The summed E-state index contributed by atoms with van der Waals surface area (Å²) < 4.78 is 0. The molecule has 78 valence electrons. The first kappa shape index (κ1) is 11.1. The molecule has 1 fully saturated rings. The SMILES string of the molecule is CCCCCCCC1CCC(C)C1. The van der Waals surface area contributed by atoms with Crippen LogP contribution in [-0.2, 0) is 0 Å². The summed E-state index contributed by atoms with van der Waals surface area (Å²) in [5.74, 6) is 2.12. The molecule has 0 N–H and O–H groups in total. The second-order valence-corrected chi connectivity index (χ2v) is 4.99. The largest absolute Gasteiger partial charge is 0.0654 e. The zero-order valence-corrected chi connectivity index (χ0v) is 9.52. The second-order valence-electron chi connectivity index (χ2n) is 4.99. The van der Waals surface area contributed by atoms with Crippen LogP contribution in [0.2, 0.25) is 0 Å². The van der Waals surface area contributed by atoms with E-state index < -0.39 is 0 Å². The van der Waals surface area contributed by atoms with Crippen LogP contribution in [0.3, 0.4) is 0 Å². The molecule has 1 rings (SSSR count). The van der Waals surface area contributed by atoms with E-state index in [1.165, 1.54) is 57.8 Å². The molecule has 0 bridgehead atoms. The van der Waals surface area contributed by atoms with Gasteiger partial charge in [-0.05, 0) is 18.3 Å². The molecule has 0 aliphatic heterocycles. The molecule has 1 saturated carbocycles. The first-order valence-electron chi connectivity index (χ1n) is 6.33. The van der Waals surface area contributed by atoms with Crippen LogP contribution in [0.25, 0.3) is 0 Å². The lowest BCUT2D eigenvalue weighted by molar-refractivity contribution is 0.448. The highest BCUT2D eigenvalue weighted by atomic mass is 14.3. The Hall–Kier alpha value is 0. The molecular weight excluding hydrogens is 156 g/mol. The number of unbranched alkanes of at least 4 members (excludes halogenated alkanes) is 4. The average Bonchev–Trinajstić information content (AvgIpc) is 2.51. The normalized spacial score (nSPS) is 28.2. The molecule has 0 aromatic carbocycles. The maximum Gasteiger partial charge on any atom is -0.0412 e. The van der Waals surface area contributed by atoms with E-state index in [4.69, 9.17) is 0 Å². The van der Waals surface area contributed by atoms with Gasteiger partial charge >= 0.3 is 0 Å². The van der Waals surface area contributed by atoms with E-state index in [9.17, 15) is 0 Å². The molecule has 0 aromatic heterocycles. The van der Waals surface area contributed by atoms with Gasteiger partial charge in [0, 0.05) is 0 Å². The Balaban J connectivity index is 1.88. The molecule has 1 aliphatic rings. The maximum absolute atomic E-state index is 2.41. The fraction of sp³-hybridized carbons (Fsp3) is 1.00. The Morgan fingerprint density at radius 1 is 1.00 bits per heavy atom. The molecule has 0 saturated heterocycles. The Bertz CT molecular complexity index is 117. The zero-order valence-electron chi connectivity index (χ0n) is 9.52. The van der Waals surface area contributed by atoms with Gasteiger partial charge in [0.15, 0.2) is 0 Å². The van der Waals surface area contributed by atoms with Crippen molar-refractivity contribution in [1.29, 1.82) is 0 Å². The van der Waals surface area contributed by atoms with Crippen LogP contribution in [0.15, 0.2) is 0 Å². The Kier molecular flexibility index (Phi) is 5.50. The summed E-state index contributed by atoms with van der Waals surface area (Å²) >= 11 is 0. The van der Waals surface area contributed by atoms with Gasteiger partial charge in [-0.3, -0.25) is 0 Å². The maximum atomic E-state index is 2.41. The topological polar surface area (TPSA) is 0 Å². The highest BCUT2D eigenvalue weighted by Crippen LogP contribution is 2.33. The van der Waals surface area contributed by atoms with Crippen molar-refractivity contribution >= 4 is 0 Å². The Morgan fingerprint density at radius 2 is 1.77 bits per heavy atom. The quantitative estimate of drug-likeness (QED) is 0.518. The molecule has 13 heavy (non-hydrogen) atoms. The molecule has 0 aromatic rings. The van der Waals surface area contributed by atoms with Gasteiger partial charge in [0.25, 0.3) is 0 Å². The molecule has 0 nitrogen and oxygen atoms in total. The lowest BCUT2D eigenvalue weighted by Gasteiger charge is -2.08. The summed E-state index contributed by atoms with van der Waals surface area (Å²) in [6.07, 6.45) is 13.3. The van der Waals surface area contributed by atoms with Crippen molar-refractivity contribution in [3.8, 4) is 0 Å². The lowest BCUT2D eigenvalue weighted by Crippen LogP contribution is -1.94. The molecule has 0 heteroatoms. The van der Waals surface area contributed by atoms with Crippen molar-refractivity contribution in [2.45, 2.75) is 71.6 Å². The zero-order chi connectivity index (χ0) is 9.52. The predicted molar refractivity (Wildman–Crippen MR) is 59.9 cm³/mol. The summed E-state index contributed by atoms with van der Waals surface area (Å²) in [6.45, 7) is 4.70. The fourth-order valence-electron chi connectivity index (χ4n) is 2.62. The molecule has 0 spiro atoms. The molecule has 1 aliphatic carbocycles. The summed E-state index contributed by atoms with van der Waals surface area (Å²) in [5, 5.41) is 0. The number of hydrogen-bond acceptors (Lipinski definition) is 0. The third kappa shape index (κ3) is 4.69. The second kappa shape index (κ2) is 6.45. The van der Waals surface area contributed by atoms with Gasteiger partial charge < -0.3 is 0 Å². The van der Waals surface area contributed by atoms with E-state index in [0.717, 1.165) is 11.8 Å². The molecule has 2 atom stereocenters. The summed E-state index contributed by atoms with van der Waals surface area (Å²) in [6, 6.07) is 0. The molecule has 0 radical (unpaired) electrons. The summed E-state index contributed by atoms with van der Waals surface area (Å²) in [5.41, 5.74) is 0. The number of rotatable bonds is 6. The minimum Gasteiger partial charge on any atom is -0.0654 e. The minimum atomic E-state index is 1.03. The van der Waals surface area contributed by atoms with Crippen LogP contribution in [-0.4, -0.2) is 0 Å². The highest BCUT2D eigenvalue weighted by Gasteiger charge is 2.20. The Labute approximate surface area is 84.1 Å². The monoisotopic (exact) mass is 182 g/mol. The van der Waals surface area contributed by atoms with Crippen LogP contribution in [0, 0.1) is 11.8 Å². The van der Waals surface area contributed by atoms with Crippen molar-refractivity contribution in [2.24, 2.45) is 11.8 Å². The van der Waals surface area contributed by atoms with Crippen LogP contribution in [0.4, 0.5) is 0 Å². The number of hydrogen-bond donors (Lipinski definition) is 0. The smallest absolute Gasteiger partial charge is 0.0412 e. The standard InChI is InChI=1S/C13H26/c1-3-4-5-6-7-8-13-10-9-12(2)11-13/h12-13H,3-11H2,1-2H3. The van der Waals surface area contributed by atoms with Crippen molar-refractivity contribution in [3.63, 3.8) is 0 Å². The van der Waals surface area contributed by atoms with Crippen LogP contribution < -0.4 is 0 Å². The first-order chi connectivity index (χ1) is 6.33. The van der Waals surface area contributed by atoms with E-state index >= 15 is 0 Å². The highest BCUT2D eigenvalue weighted by molar-refractivity contribution is 4.72. The van der Waals surface area contributed by atoms with Gasteiger partial charge in [-0.1, -0.05) is 65.2 Å². The van der Waals surface area contributed by atoms with Crippen LogP contribution in [0.5, 0.6) is 0 Å². The molecule has 0 heterocycles. The van der Waals surface area contributed by atoms with Gasteiger partial charge in [0.05, 0.1) is 0 Å². The molecule has 2 unspecified atom stereocenters. The van der Waals surface area contributed by atoms with Gasteiger partial charge in [-0.2, -0.15) is 0 Å². The lowest BCUT2D eigenvalue weighted by atomic mass is 9.98. The van der Waals surface area contributed by atoms with Gasteiger partial charge in [0.2, 0.25) is 0 Å². The molecular formula is C13H26. The Morgan fingerprint density at radius 3 is 2.38 bits per heavy atom. The third-order valence-electron chi connectivity index (χ3n) is 3.52. The van der Waals surface area contributed by atoms with Crippen molar-refractivity contribution < 1.29 is 0 Å². The minimum absolute atomic E-state index is 1.03. The van der Waals surface area contributed by atoms with E-state index in [2.05, 4.69) is 13.8 Å². The van der Waals surface area contributed by atoms with E-state index in [0.29, 0.717) is 0 Å². The first-order valence-corrected chi connectivity index (χ1v) is 6.33. The van der Waals surface area contributed by atoms with Gasteiger partial charge in [0.1, 0.15) is 0 Å². The van der Waals surface area contributed by atoms with Crippen molar-refractivity contribution in [2.75, 3.05) is 0 Å². The summed E-state index contributed by atoms with van der Waals surface area (Å²) in [7, 11) is 0.